The van der Waals surface area contributed by atoms with Gasteiger partial charge in [-0.3, -0.25) is 0 Å². The zero-order valence-electron chi connectivity index (χ0n) is 15.5. The van der Waals surface area contributed by atoms with Gasteiger partial charge in [-0.2, -0.15) is 0 Å². The molecule has 0 aromatic rings. The topological polar surface area (TPSA) is 20.2 Å². The molecule has 0 spiro atoms. The summed E-state index contributed by atoms with van der Waals surface area (Å²) < 4.78 is 0. The highest BCUT2D eigenvalue weighted by Gasteiger charge is 1.94. The molecule has 0 aliphatic carbocycles. The summed E-state index contributed by atoms with van der Waals surface area (Å²) in [7, 11) is 1.00. The Kier molecular flexibility index (Phi) is 27.6. The van der Waals surface area contributed by atoms with Gasteiger partial charge in [-0.1, -0.05) is 123 Å². The second kappa shape index (κ2) is 24.9. The van der Waals surface area contributed by atoms with E-state index < -0.39 is 0 Å². The lowest BCUT2D eigenvalue weighted by atomic mass is 10.0. The van der Waals surface area contributed by atoms with E-state index in [9.17, 15) is 0 Å². The van der Waals surface area contributed by atoms with Crippen LogP contribution in [-0.4, -0.2) is 12.2 Å². The lowest BCUT2D eigenvalue weighted by Gasteiger charge is -2.03. The molecule has 0 radical (unpaired) electrons. The van der Waals surface area contributed by atoms with Crippen LogP contribution < -0.4 is 0 Å². The lowest BCUT2D eigenvalue weighted by Crippen LogP contribution is -1.83. The van der Waals surface area contributed by atoms with Crippen LogP contribution in [0.4, 0.5) is 0 Å². The van der Waals surface area contributed by atoms with Crippen molar-refractivity contribution in [2.45, 2.75) is 123 Å². The maximum atomic E-state index is 7.00. The largest absolute Gasteiger partial charge is 0.400 e. The van der Waals surface area contributed by atoms with Crippen LogP contribution in [-0.2, 0) is 0 Å². The van der Waals surface area contributed by atoms with Gasteiger partial charge in [-0.05, 0) is 0 Å². The Hall–Kier alpha value is -0.0400. The summed E-state index contributed by atoms with van der Waals surface area (Å²) in [5.74, 6) is 0. The molecule has 0 amide bonds. The number of aliphatic hydroxyl groups excluding tert-OH is 1. The zero-order valence-corrected chi connectivity index (χ0v) is 15.5. The van der Waals surface area contributed by atoms with Crippen molar-refractivity contribution < 1.29 is 5.11 Å². The van der Waals surface area contributed by atoms with Gasteiger partial charge in [0.25, 0.3) is 0 Å². The van der Waals surface area contributed by atoms with Crippen molar-refractivity contribution in [2.24, 2.45) is 0 Å². The first-order valence-electron chi connectivity index (χ1n) is 9.86. The summed E-state index contributed by atoms with van der Waals surface area (Å²) in [6.45, 7) is 4.59. The molecule has 130 valence electrons. The Morgan fingerprint density at radius 3 is 0.619 bits per heavy atom. The number of aliphatic hydroxyl groups is 1. The molecule has 1 nitrogen and oxygen atoms in total. The van der Waals surface area contributed by atoms with Crippen LogP contribution in [0, 0.1) is 0 Å². The Morgan fingerprint density at radius 1 is 0.333 bits per heavy atom. The predicted molar refractivity (Wildman–Crippen MR) is 98.0 cm³/mol. The van der Waals surface area contributed by atoms with Gasteiger partial charge in [-0.15, -0.1) is 0 Å². The lowest BCUT2D eigenvalue weighted by molar-refractivity contribution is 0.399. The molecule has 0 heterocycles. The summed E-state index contributed by atoms with van der Waals surface area (Å²) in [4.78, 5) is 0. The van der Waals surface area contributed by atoms with Crippen LogP contribution in [0.5, 0.6) is 0 Å². The van der Waals surface area contributed by atoms with E-state index in [2.05, 4.69) is 13.8 Å². The van der Waals surface area contributed by atoms with E-state index in [0.29, 0.717) is 0 Å². The van der Waals surface area contributed by atoms with Gasteiger partial charge >= 0.3 is 0 Å². The van der Waals surface area contributed by atoms with E-state index in [0.717, 1.165) is 7.11 Å². The van der Waals surface area contributed by atoms with Gasteiger partial charge < -0.3 is 5.11 Å². The molecule has 0 saturated carbocycles. The smallest absolute Gasteiger partial charge is 0.0319 e. The standard InChI is InChI=1S/C19H40.CH4O/c1-3-5-7-9-11-13-15-17-19-18-16-14-12-10-8-6-4-2;1-2/h3-19H2,1-2H3;2H,1H3. The van der Waals surface area contributed by atoms with Crippen LogP contribution in [0.15, 0.2) is 0 Å². The van der Waals surface area contributed by atoms with Crippen molar-refractivity contribution in [2.75, 3.05) is 7.11 Å². The average molecular weight is 301 g/mol. The quantitative estimate of drug-likeness (QED) is 0.297. The maximum absolute atomic E-state index is 7.00. The molecule has 1 heteroatoms. The van der Waals surface area contributed by atoms with Crippen LogP contribution in [0.25, 0.3) is 0 Å². The predicted octanol–water partition coefficient (Wildman–Crippen LogP) is 7.27. The minimum absolute atomic E-state index is 1.00. The molecule has 0 aromatic heterocycles. The Balaban J connectivity index is 0. The third kappa shape index (κ3) is 25.3. The Bertz CT molecular complexity index is 129. The summed E-state index contributed by atoms with van der Waals surface area (Å²) in [5, 5.41) is 7.00. The van der Waals surface area contributed by atoms with Crippen LogP contribution in [0.3, 0.4) is 0 Å². The first-order chi connectivity index (χ1) is 10.4. The molecular weight excluding hydrogens is 256 g/mol. The number of hydrogen-bond acceptors (Lipinski definition) is 1. The third-order valence-corrected chi connectivity index (χ3v) is 4.21. The molecule has 0 saturated heterocycles. The van der Waals surface area contributed by atoms with Crippen molar-refractivity contribution in [1.82, 2.24) is 0 Å². The van der Waals surface area contributed by atoms with E-state index in [1.54, 1.807) is 0 Å². The van der Waals surface area contributed by atoms with Gasteiger partial charge in [0.2, 0.25) is 0 Å². The molecule has 0 aliphatic heterocycles. The molecule has 1 N–H and O–H groups in total. The fraction of sp³-hybridized carbons (Fsp3) is 1.00. The molecule has 0 bridgehead atoms. The molecule has 0 fully saturated rings. The highest BCUT2D eigenvalue weighted by atomic mass is 16.2. The first-order valence-corrected chi connectivity index (χ1v) is 9.86. The summed E-state index contributed by atoms with van der Waals surface area (Å²) in [5.41, 5.74) is 0. The summed E-state index contributed by atoms with van der Waals surface area (Å²) >= 11 is 0. The van der Waals surface area contributed by atoms with E-state index in [4.69, 9.17) is 5.11 Å². The molecule has 0 aromatic carbocycles. The summed E-state index contributed by atoms with van der Waals surface area (Å²) in [6.07, 6.45) is 24.9. The van der Waals surface area contributed by atoms with Crippen molar-refractivity contribution in [3.8, 4) is 0 Å². The monoisotopic (exact) mass is 300 g/mol. The normalized spacial score (nSPS) is 10.3. The zero-order chi connectivity index (χ0) is 16.0. The Morgan fingerprint density at radius 2 is 0.476 bits per heavy atom. The van der Waals surface area contributed by atoms with E-state index >= 15 is 0 Å². The van der Waals surface area contributed by atoms with E-state index in [1.807, 2.05) is 0 Å². The van der Waals surface area contributed by atoms with Crippen molar-refractivity contribution >= 4 is 0 Å². The molecule has 0 unspecified atom stereocenters. The minimum atomic E-state index is 1.00. The van der Waals surface area contributed by atoms with E-state index in [1.165, 1.54) is 109 Å². The average Bonchev–Trinajstić information content (AvgIpc) is 2.53. The maximum Gasteiger partial charge on any atom is 0.0319 e. The number of rotatable bonds is 16. The third-order valence-electron chi connectivity index (χ3n) is 4.21. The Labute approximate surface area is 135 Å². The van der Waals surface area contributed by atoms with E-state index in [-0.39, 0.29) is 0 Å². The molecule has 21 heavy (non-hydrogen) atoms. The van der Waals surface area contributed by atoms with Crippen molar-refractivity contribution in [1.29, 1.82) is 0 Å². The highest BCUT2D eigenvalue weighted by molar-refractivity contribution is 4.49. The van der Waals surface area contributed by atoms with Gasteiger partial charge in [-0.25, -0.2) is 0 Å². The van der Waals surface area contributed by atoms with Crippen molar-refractivity contribution in [3.05, 3.63) is 0 Å². The van der Waals surface area contributed by atoms with Gasteiger partial charge in [0.1, 0.15) is 0 Å². The second-order valence-electron chi connectivity index (χ2n) is 6.30. The fourth-order valence-electron chi connectivity index (χ4n) is 2.80. The highest BCUT2D eigenvalue weighted by Crippen LogP contribution is 2.13. The van der Waals surface area contributed by atoms with Crippen LogP contribution in [0.2, 0.25) is 0 Å². The molecular formula is C20H44O. The minimum Gasteiger partial charge on any atom is -0.400 e. The number of unbranched alkanes of at least 4 members (excludes halogenated alkanes) is 16. The molecule has 0 rings (SSSR count). The van der Waals surface area contributed by atoms with Crippen LogP contribution >= 0.6 is 0 Å². The fourth-order valence-corrected chi connectivity index (χ4v) is 2.80. The molecule has 0 atom stereocenters. The summed E-state index contributed by atoms with van der Waals surface area (Å²) in [6, 6.07) is 0. The molecule has 0 aliphatic rings. The second-order valence-corrected chi connectivity index (χ2v) is 6.30. The van der Waals surface area contributed by atoms with Gasteiger partial charge in [0.05, 0.1) is 0 Å². The van der Waals surface area contributed by atoms with Gasteiger partial charge in [0.15, 0.2) is 0 Å². The first kappa shape index (κ1) is 23.2. The van der Waals surface area contributed by atoms with Gasteiger partial charge in [0, 0.05) is 7.11 Å². The number of hydrogen-bond donors (Lipinski definition) is 1. The van der Waals surface area contributed by atoms with Crippen LogP contribution in [0.1, 0.15) is 123 Å². The van der Waals surface area contributed by atoms with Crippen molar-refractivity contribution in [3.63, 3.8) is 0 Å². The SMILES string of the molecule is CCCCCCCCCCCCCCCCCCC.CO.